The van der Waals surface area contributed by atoms with Gasteiger partial charge in [-0.2, -0.15) is 0 Å². The predicted molar refractivity (Wildman–Crippen MR) is 99.6 cm³/mol. The molecule has 0 unspecified atom stereocenters. The van der Waals surface area contributed by atoms with Crippen LogP contribution < -0.4 is 0 Å². The van der Waals surface area contributed by atoms with E-state index in [0.717, 1.165) is 0 Å². The monoisotopic (exact) mass is 380 g/mol. The largest absolute Gasteiger partial charge is 0.0616 e. The first kappa shape index (κ1) is 12.8. The predicted octanol–water partition coefficient (Wildman–Crippen LogP) is 6.26. The van der Waals surface area contributed by atoms with Crippen LogP contribution in [-0.4, -0.2) is 0 Å². The fraction of sp³-hybridized carbons (Fsp3) is 0. The topological polar surface area (TPSA) is 0 Å². The molecular weight excluding hydrogens is 367 g/mol. The lowest BCUT2D eigenvalue weighted by Gasteiger charge is -2.11. The Hall–Kier alpha value is -1.87. The van der Waals surface area contributed by atoms with E-state index in [4.69, 9.17) is 0 Å². The molecule has 0 heterocycles. The number of benzene rings is 4. The maximum Gasteiger partial charge on any atom is 0.0136 e. The summed E-state index contributed by atoms with van der Waals surface area (Å²) in [4.78, 5) is 0. The molecule has 0 fully saturated rings. The molecule has 0 aliphatic carbocycles. The van der Waals surface area contributed by atoms with Gasteiger partial charge in [-0.3, -0.25) is 0 Å². The Morgan fingerprint density at radius 3 is 2.10 bits per heavy atom. The Morgan fingerprint density at radius 1 is 0.571 bits per heavy atom. The van der Waals surface area contributed by atoms with Crippen molar-refractivity contribution in [2.24, 2.45) is 0 Å². The van der Waals surface area contributed by atoms with Gasteiger partial charge in [0.05, 0.1) is 0 Å². The maximum absolute atomic E-state index is 2.37. The summed E-state index contributed by atoms with van der Waals surface area (Å²) < 4.78 is 1.27. The first-order chi connectivity index (χ1) is 10.3. The minimum absolute atomic E-state index is 1.27. The van der Waals surface area contributed by atoms with Gasteiger partial charge in [-0.05, 0) is 73.5 Å². The van der Waals surface area contributed by atoms with Crippen molar-refractivity contribution in [3.63, 3.8) is 0 Å². The molecule has 0 aliphatic heterocycles. The highest BCUT2D eigenvalue weighted by atomic mass is 127. The summed E-state index contributed by atoms with van der Waals surface area (Å²) in [6, 6.07) is 28.3. The Kier molecular flexibility index (Phi) is 3.15. The summed E-state index contributed by atoms with van der Waals surface area (Å²) >= 11 is 2.37. The molecule has 0 bridgehead atoms. The average molecular weight is 380 g/mol. The lowest BCUT2D eigenvalue weighted by molar-refractivity contribution is 1.62. The van der Waals surface area contributed by atoms with Crippen molar-refractivity contribution >= 4 is 44.1 Å². The zero-order chi connectivity index (χ0) is 14.2. The van der Waals surface area contributed by atoms with Crippen molar-refractivity contribution < 1.29 is 0 Å². The zero-order valence-electron chi connectivity index (χ0n) is 11.4. The van der Waals surface area contributed by atoms with Crippen LogP contribution >= 0.6 is 22.6 Å². The van der Waals surface area contributed by atoms with Gasteiger partial charge in [-0.25, -0.2) is 0 Å². The molecule has 4 aromatic carbocycles. The highest BCUT2D eigenvalue weighted by molar-refractivity contribution is 14.1. The number of rotatable bonds is 1. The van der Waals surface area contributed by atoms with Gasteiger partial charge in [0.15, 0.2) is 0 Å². The van der Waals surface area contributed by atoms with E-state index in [-0.39, 0.29) is 0 Å². The van der Waals surface area contributed by atoms with Gasteiger partial charge >= 0.3 is 0 Å². The molecule has 4 aromatic rings. The molecular formula is C20H13I. The molecule has 0 spiro atoms. The molecule has 0 atom stereocenters. The molecule has 21 heavy (non-hydrogen) atoms. The van der Waals surface area contributed by atoms with Gasteiger partial charge in [0, 0.05) is 3.57 Å². The molecule has 100 valence electrons. The van der Waals surface area contributed by atoms with Crippen LogP contribution in [0.15, 0.2) is 78.9 Å². The molecule has 0 radical (unpaired) electrons. The maximum atomic E-state index is 2.37. The van der Waals surface area contributed by atoms with E-state index in [1.165, 1.54) is 36.2 Å². The fourth-order valence-corrected chi connectivity index (χ4v) is 3.49. The summed E-state index contributed by atoms with van der Waals surface area (Å²) in [5.41, 5.74) is 2.59. The van der Waals surface area contributed by atoms with Crippen molar-refractivity contribution in [2.45, 2.75) is 0 Å². The Balaban J connectivity index is 2.16. The Labute approximate surface area is 137 Å². The summed E-state index contributed by atoms with van der Waals surface area (Å²) in [7, 11) is 0. The third-order valence-electron chi connectivity index (χ3n) is 3.90. The normalized spacial score (nSPS) is 11.1. The minimum Gasteiger partial charge on any atom is -0.0616 e. The third-order valence-corrected chi connectivity index (χ3v) is 4.57. The summed E-state index contributed by atoms with van der Waals surface area (Å²) in [6.07, 6.45) is 0. The van der Waals surface area contributed by atoms with Crippen LogP contribution in [0.5, 0.6) is 0 Å². The lowest BCUT2D eigenvalue weighted by Crippen LogP contribution is -1.85. The molecule has 0 saturated carbocycles. The Morgan fingerprint density at radius 2 is 1.29 bits per heavy atom. The molecule has 1 heteroatoms. The SMILES string of the molecule is Ic1cccc(-c2cc3ccccc3c3ccccc23)c1. The van der Waals surface area contributed by atoms with Crippen molar-refractivity contribution in [1.82, 2.24) is 0 Å². The zero-order valence-corrected chi connectivity index (χ0v) is 13.5. The van der Waals surface area contributed by atoms with Crippen LogP contribution in [0.25, 0.3) is 32.7 Å². The molecule has 0 aromatic heterocycles. The minimum atomic E-state index is 1.27. The van der Waals surface area contributed by atoms with Crippen LogP contribution in [0.4, 0.5) is 0 Å². The Bertz CT molecular complexity index is 954. The van der Waals surface area contributed by atoms with Gasteiger partial charge in [0.1, 0.15) is 0 Å². The van der Waals surface area contributed by atoms with Crippen molar-refractivity contribution in [3.05, 3.63) is 82.4 Å². The molecule has 4 rings (SSSR count). The number of hydrogen-bond donors (Lipinski definition) is 0. The van der Waals surface area contributed by atoms with Gasteiger partial charge in [-0.15, -0.1) is 0 Å². The standard InChI is InChI=1S/C20H13I/c21-16-8-5-7-14(12-16)20-13-15-6-1-2-9-17(15)18-10-3-4-11-19(18)20/h1-13H. The van der Waals surface area contributed by atoms with Gasteiger partial charge < -0.3 is 0 Å². The lowest BCUT2D eigenvalue weighted by atomic mass is 9.93. The van der Waals surface area contributed by atoms with Crippen LogP contribution in [0, 0.1) is 3.57 Å². The summed E-state index contributed by atoms with van der Waals surface area (Å²) in [5, 5.41) is 5.26. The second kappa shape index (κ2) is 5.15. The van der Waals surface area contributed by atoms with Crippen LogP contribution in [0.1, 0.15) is 0 Å². The first-order valence-electron chi connectivity index (χ1n) is 6.99. The van der Waals surface area contributed by atoms with E-state index in [1.807, 2.05) is 0 Å². The van der Waals surface area contributed by atoms with E-state index in [9.17, 15) is 0 Å². The van der Waals surface area contributed by atoms with Crippen LogP contribution in [-0.2, 0) is 0 Å². The fourth-order valence-electron chi connectivity index (χ4n) is 2.95. The smallest absolute Gasteiger partial charge is 0.0136 e. The van der Waals surface area contributed by atoms with E-state index < -0.39 is 0 Å². The van der Waals surface area contributed by atoms with Crippen LogP contribution in [0.2, 0.25) is 0 Å². The number of fused-ring (bicyclic) bond motifs is 3. The second-order valence-corrected chi connectivity index (χ2v) is 6.45. The molecule has 0 aliphatic rings. The number of hydrogen-bond acceptors (Lipinski definition) is 0. The molecule has 0 N–H and O–H groups in total. The highest BCUT2D eigenvalue weighted by Gasteiger charge is 2.08. The van der Waals surface area contributed by atoms with Crippen molar-refractivity contribution in [3.8, 4) is 11.1 Å². The molecule has 0 amide bonds. The van der Waals surface area contributed by atoms with Crippen molar-refractivity contribution in [1.29, 1.82) is 0 Å². The number of halogens is 1. The summed E-state index contributed by atoms with van der Waals surface area (Å²) in [5.74, 6) is 0. The second-order valence-electron chi connectivity index (χ2n) is 5.20. The third kappa shape index (κ3) is 2.22. The van der Waals surface area contributed by atoms with Gasteiger partial charge in [-0.1, -0.05) is 60.7 Å². The highest BCUT2D eigenvalue weighted by Crippen LogP contribution is 2.35. The summed E-state index contributed by atoms with van der Waals surface area (Å²) in [6.45, 7) is 0. The van der Waals surface area contributed by atoms with Crippen molar-refractivity contribution in [2.75, 3.05) is 0 Å². The molecule has 0 nitrogen and oxygen atoms in total. The van der Waals surface area contributed by atoms with Crippen LogP contribution in [0.3, 0.4) is 0 Å². The van der Waals surface area contributed by atoms with E-state index >= 15 is 0 Å². The van der Waals surface area contributed by atoms with E-state index in [1.54, 1.807) is 0 Å². The quantitative estimate of drug-likeness (QED) is 0.270. The first-order valence-corrected chi connectivity index (χ1v) is 8.07. The van der Waals surface area contributed by atoms with E-state index in [0.29, 0.717) is 0 Å². The average Bonchev–Trinajstić information content (AvgIpc) is 2.54. The van der Waals surface area contributed by atoms with E-state index in [2.05, 4.69) is 101 Å². The van der Waals surface area contributed by atoms with Gasteiger partial charge in [0.2, 0.25) is 0 Å². The molecule has 0 saturated heterocycles. The van der Waals surface area contributed by atoms with Gasteiger partial charge in [0.25, 0.3) is 0 Å².